The number of Topliss-reactive ketones (excluding diaryl/α,β-unsaturated/α-hetero) is 1. The van der Waals surface area contributed by atoms with Gasteiger partial charge in [-0.25, -0.2) is 0 Å². The van der Waals surface area contributed by atoms with Crippen LogP contribution >= 0.6 is 11.8 Å². The van der Waals surface area contributed by atoms with Crippen LogP contribution in [0.5, 0.6) is 5.75 Å². The smallest absolute Gasteiger partial charge is 0.191 e. The first kappa shape index (κ1) is 17.8. The van der Waals surface area contributed by atoms with Gasteiger partial charge in [-0.3, -0.25) is 4.79 Å². The van der Waals surface area contributed by atoms with Gasteiger partial charge in [0.2, 0.25) is 0 Å². The first-order valence-electron chi connectivity index (χ1n) is 8.99. The molecule has 0 fully saturated rings. The molecule has 0 unspecified atom stereocenters. The fourth-order valence-corrected chi connectivity index (χ4v) is 4.32. The molecule has 0 aliphatic heterocycles. The number of carbonyl (C=O) groups is 1. The van der Waals surface area contributed by atoms with Crippen LogP contribution in [0.25, 0.3) is 0 Å². The Labute approximate surface area is 162 Å². The van der Waals surface area contributed by atoms with E-state index in [1.54, 1.807) is 0 Å². The van der Waals surface area contributed by atoms with E-state index in [0.29, 0.717) is 6.61 Å². The highest BCUT2D eigenvalue weighted by molar-refractivity contribution is 8.00. The van der Waals surface area contributed by atoms with Crippen LogP contribution in [-0.2, 0) is 20.1 Å². The number of ether oxygens (including phenoxy) is 1. The number of thioether (sulfide) groups is 1. The second-order valence-electron chi connectivity index (χ2n) is 6.68. The molecular formula is C21H21N3O2S. The molecule has 27 heavy (non-hydrogen) atoms. The minimum absolute atomic E-state index is 0.118. The minimum atomic E-state index is -0.118. The highest BCUT2D eigenvalue weighted by Gasteiger charge is 2.29. The number of benzene rings is 2. The van der Waals surface area contributed by atoms with Crippen molar-refractivity contribution in [3.05, 3.63) is 71.0 Å². The molecule has 1 aromatic heterocycles. The maximum Gasteiger partial charge on any atom is 0.191 e. The molecule has 4 rings (SSSR count). The molecule has 1 aliphatic carbocycles. The quantitative estimate of drug-likeness (QED) is 0.671. The number of hydrogen-bond acceptors (Lipinski definition) is 5. The predicted octanol–water partition coefficient (Wildman–Crippen LogP) is 3.99. The van der Waals surface area contributed by atoms with Crippen molar-refractivity contribution in [3.8, 4) is 5.75 Å². The molecule has 0 bridgehead atoms. The largest absolute Gasteiger partial charge is 0.485 e. The average molecular weight is 379 g/mol. The third-order valence-electron chi connectivity index (χ3n) is 4.87. The Hall–Kier alpha value is -2.60. The van der Waals surface area contributed by atoms with Gasteiger partial charge in [0.1, 0.15) is 12.4 Å². The van der Waals surface area contributed by atoms with Crippen LogP contribution in [0.15, 0.2) is 53.7 Å². The van der Waals surface area contributed by atoms with Gasteiger partial charge in [0.25, 0.3) is 0 Å². The van der Waals surface area contributed by atoms with E-state index in [0.717, 1.165) is 46.3 Å². The van der Waals surface area contributed by atoms with E-state index in [1.165, 1.54) is 11.8 Å². The summed E-state index contributed by atoms with van der Waals surface area (Å²) >= 11 is 1.49. The Bertz CT molecular complexity index is 983. The Morgan fingerprint density at radius 1 is 1.15 bits per heavy atom. The lowest BCUT2D eigenvalue weighted by Crippen LogP contribution is -2.25. The van der Waals surface area contributed by atoms with Gasteiger partial charge in [-0.15, -0.1) is 10.2 Å². The third-order valence-corrected chi connectivity index (χ3v) is 6.17. The lowest BCUT2D eigenvalue weighted by Gasteiger charge is -2.22. The molecule has 0 saturated heterocycles. The van der Waals surface area contributed by atoms with E-state index in [4.69, 9.17) is 4.74 Å². The SMILES string of the molecule is Cc1ccccc1OCc1nnc(S[C@@H]2CCc3ccccc3C2=O)n1C. The summed E-state index contributed by atoms with van der Waals surface area (Å²) in [6, 6.07) is 15.8. The van der Waals surface area contributed by atoms with Crippen LogP contribution in [0.1, 0.15) is 33.7 Å². The molecule has 0 saturated carbocycles. The molecule has 0 amide bonds. The van der Waals surface area contributed by atoms with Crippen molar-refractivity contribution in [1.82, 2.24) is 14.8 Å². The number of aromatic nitrogens is 3. The van der Waals surface area contributed by atoms with Crippen LogP contribution in [0, 0.1) is 6.92 Å². The second kappa shape index (κ2) is 7.56. The van der Waals surface area contributed by atoms with Gasteiger partial charge in [0.15, 0.2) is 16.8 Å². The number of fused-ring (bicyclic) bond motifs is 1. The van der Waals surface area contributed by atoms with Gasteiger partial charge in [0, 0.05) is 12.6 Å². The van der Waals surface area contributed by atoms with Gasteiger partial charge < -0.3 is 9.30 Å². The summed E-state index contributed by atoms with van der Waals surface area (Å²) < 4.78 is 7.79. The Morgan fingerprint density at radius 3 is 2.78 bits per heavy atom. The molecule has 0 spiro atoms. The highest BCUT2D eigenvalue weighted by Crippen LogP contribution is 2.32. The van der Waals surface area contributed by atoms with Gasteiger partial charge in [0.05, 0.1) is 5.25 Å². The topological polar surface area (TPSA) is 57.0 Å². The molecule has 3 aromatic rings. The van der Waals surface area contributed by atoms with Crippen molar-refractivity contribution in [2.24, 2.45) is 7.05 Å². The van der Waals surface area contributed by atoms with Crippen molar-refractivity contribution in [2.45, 2.75) is 36.8 Å². The normalized spacial score (nSPS) is 16.2. The molecule has 1 aliphatic rings. The van der Waals surface area contributed by atoms with Crippen molar-refractivity contribution in [1.29, 1.82) is 0 Å². The Morgan fingerprint density at radius 2 is 1.93 bits per heavy atom. The predicted molar refractivity (Wildman–Crippen MR) is 105 cm³/mol. The van der Waals surface area contributed by atoms with Gasteiger partial charge in [-0.05, 0) is 37.0 Å². The summed E-state index contributed by atoms with van der Waals surface area (Å²) in [5.41, 5.74) is 3.07. The monoisotopic (exact) mass is 379 g/mol. The molecule has 0 radical (unpaired) electrons. The van der Waals surface area contributed by atoms with Gasteiger partial charge in [-0.1, -0.05) is 54.2 Å². The first-order chi connectivity index (χ1) is 13.1. The zero-order valence-electron chi connectivity index (χ0n) is 15.4. The standard InChI is InChI=1S/C21H21N3O2S/c1-14-7-3-6-10-17(14)26-13-19-22-23-21(24(19)2)27-18-12-11-15-8-4-5-9-16(15)20(18)25/h3-10,18H,11-13H2,1-2H3/t18-/m1/s1. The van der Waals surface area contributed by atoms with E-state index in [1.807, 2.05) is 67.1 Å². The van der Waals surface area contributed by atoms with Crippen LogP contribution in [0.3, 0.4) is 0 Å². The summed E-state index contributed by atoms with van der Waals surface area (Å²) in [4.78, 5) is 12.8. The number of para-hydroxylation sites is 1. The van der Waals surface area contributed by atoms with E-state index < -0.39 is 0 Å². The number of aryl methyl sites for hydroxylation is 2. The second-order valence-corrected chi connectivity index (χ2v) is 7.85. The molecule has 138 valence electrons. The van der Waals surface area contributed by atoms with E-state index in [2.05, 4.69) is 10.2 Å². The molecule has 2 aromatic carbocycles. The number of ketones is 1. The number of carbonyl (C=O) groups excluding carboxylic acids is 1. The van der Waals surface area contributed by atoms with Crippen molar-refractivity contribution in [2.75, 3.05) is 0 Å². The number of rotatable bonds is 5. The molecule has 5 nitrogen and oxygen atoms in total. The Balaban J connectivity index is 1.45. The molecule has 1 atom stereocenters. The molecule has 0 N–H and O–H groups in total. The average Bonchev–Trinajstić information content (AvgIpc) is 3.03. The van der Waals surface area contributed by atoms with Crippen LogP contribution in [-0.4, -0.2) is 25.8 Å². The third kappa shape index (κ3) is 3.62. The molecular weight excluding hydrogens is 358 g/mol. The maximum atomic E-state index is 12.8. The number of hydrogen-bond donors (Lipinski definition) is 0. The fourth-order valence-electron chi connectivity index (χ4n) is 3.24. The first-order valence-corrected chi connectivity index (χ1v) is 9.87. The summed E-state index contributed by atoms with van der Waals surface area (Å²) in [6.07, 6.45) is 1.74. The summed E-state index contributed by atoms with van der Waals surface area (Å²) in [7, 11) is 1.92. The molecule has 6 heteroatoms. The van der Waals surface area contributed by atoms with Gasteiger partial charge in [-0.2, -0.15) is 0 Å². The maximum absolute atomic E-state index is 12.8. The van der Waals surface area contributed by atoms with Crippen LogP contribution in [0.2, 0.25) is 0 Å². The Kier molecular flexibility index (Phi) is 4.99. The van der Waals surface area contributed by atoms with Crippen molar-refractivity contribution < 1.29 is 9.53 Å². The van der Waals surface area contributed by atoms with Crippen molar-refractivity contribution >= 4 is 17.5 Å². The summed E-state index contributed by atoms with van der Waals surface area (Å²) in [5.74, 6) is 1.76. The molecule has 1 heterocycles. The van der Waals surface area contributed by atoms with Gasteiger partial charge >= 0.3 is 0 Å². The summed E-state index contributed by atoms with van der Waals surface area (Å²) in [6.45, 7) is 2.36. The summed E-state index contributed by atoms with van der Waals surface area (Å²) in [5, 5.41) is 9.16. The van der Waals surface area contributed by atoms with Crippen LogP contribution < -0.4 is 4.74 Å². The number of nitrogens with zero attached hydrogens (tertiary/aromatic N) is 3. The highest BCUT2D eigenvalue weighted by atomic mass is 32.2. The van der Waals surface area contributed by atoms with Crippen LogP contribution in [0.4, 0.5) is 0 Å². The minimum Gasteiger partial charge on any atom is -0.485 e. The van der Waals surface area contributed by atoms with E-state index in [9.17, 15) is 4.79 Å². The zero-order chi connectivity index (χ0) is 18.8. The lowest BCUT2D eigenvalue weighted by molar-refractivity contribution is 0.0979. The van der Waals surface area contributed by atoms with E-state index >= 15 is 0 Å². The lowest BCUT2D eigenvalue weighted by atomic mass is 9.90. The van der Waals surface area contributed by atoms with E-state index in [-0.39, 0.29) is 11.0 Å². The fraction of sp³-hybridized carbons (Fsp3) is 0.286. The van der Waals surface area contributed by atoms with Crippen molar-refractivity contribution in [3.63, 3.8) is 0 Å². The zero-order valence-corrected chi connectivity index (χ0v) is 16.2.